The molecule has 0 bridgehead atoms. The van der Waals surface area contributed by atoms with E-state index in [1.165, 1.54) is 19.3 Å². The minimum absolute atomic E-state index is 0.167. The maximum Gasteiger partial charge on any atom is 0.138 e. The van der Waals surface area contributed by atoms with Gasteiger partial charge in [0.05, 0.1) is 5.69 Å². The van der Waals surface area contributed by atoms with Crippen molar-refractivity contribution < 1.29 is 5.11 Å². The van der Waals surface area contributed by atoms with Crippen molar-refractivity contribution in [1.82, 2.24) is 4.90 Å². The van der Waals surface area contributed by atoms with Crippen molar-refractivity contribution >= 4 is 5.69 Å². The number of aromatic hydroxyl groups is 1. The first-order valence-corrected chi connectivity index (χ1v) is 6.86. The fourth-order valence-corrected chi connectivity index (χ4v) is 2.02. The normalized spacial score (nSPS) is 11.4. The first-order valence-electron chi connectivity index (χ1n) is 6.86. The molecule has 0 unspecified atom stereocenters. The van der Waals surface area contributed by atoms with Crippen molar-refractivity contribution in [3.63, 3.8) is 0 Å². The highest BCUT2D eigenvalue weighted by Crippen LogP contribution is 2.21. The summed E-state index contributed by atoms with van der Waals surface area (Å²) in [6.07, 6.45) is 3.77. The monoisotopic (exact) mass is 250 g/mol. The van der Waals surface area contributed by atoms with E-state index in [0.717, 1.165) is 18.7 Å². The van der Waals surface area contributed by atoms with Crippen molar-refractivity contribution in [3.05, 3.63) is 23.8 Å². The van der Waals surface area contributed by atoms with Crippen LogP contribution < -0.4 is 5.73 Å². The number of hydrogen-bond acceptors (Lipinski definition) is 3. The van der Waals surface area contributed by atoms with Crippen LogP contribution in [-0.4, -0.2) is 22.6 Å². The summed E-state index contributed by atoms with van der Waals surface area (Å²) in [6, 6.07) is 6.01. The number of nitrogen functional groups attached to an aromatic ring is 1. The summed E-state index contributed by atoms with van der Waals surface area (Å²) in [5.74, 6) is 0.167. The Balaban J connectivity index is 2.61. The van der Waals surface area contributed by atoms with E-state index in [4.69, 9.17) is 5.73 Å². The predicted octanol–water partition coefficient (Wildman–Crippen LogP) is 3.38. The minimum Gasteiger partial charge on any atom is -0.506 e. The molecule has 0 amide bonds. The average Bonchev–Trinajstić information content (AvgIpc) is 2.32. The van der Waals surface area contributed by atoms with Crippen LogP contribution in [0.5, 0.6) is 5.75 Å². The Morgan fingerprint density at radius 3 is 2.56 bits per heavy atom. The van der Waals surface area contributed by atoms with E-state index < -0.39 is 0 Å². The van der Waals surface area contributed by atoms with Crippen LogP contribution in [0.1, 0.15) is 45.6 Å². The number of rotatable bonds is 7. The summed E-state index contributed by atoms with van der Waals surface area (Å²) in [7, 11) is 0. The third-order valence-corrected chi connectivity index (χ3v) is 3.26. The molecular weight excluding hydrogens is 224 g/mol. The van der Waals surface area contributed by atoms with E-state index in [1.54, 1.807) is 6.07 Å². The van der Waals surface area contributed by atoms with Gasteiger partial charge in [0.25, 0.3) is 0 Å². The highest BCUT2D eigenvalue weighted by molar-refractivity contribution is 5.53. The lowest BCUT2D eigenvalue weighted by Gasteiger charge is -2.26. The molecule has 0 aromatic heterocycles. The molecule has 0 radical (unpaired) electrons. The molecule has 1 rings (SSSR count). The summed E-state index contributed by atoms with van der Waals surface area (Å²) in [5, 5.41) is 9.42. The summed E-state index contributed by atoms with van der Waals surface area (Å²) in [5.41, 5.74) is 7.35. The zero-order chi connectivity index (χ0) is 13.5. The van der Waals surface area contributed by atoms with Gasteiger partial charge in [0, 0.05) is 12.6 Å². The second kappa shape index (κ2) is 7.27. The number of benzene rings is 1. The Morgan fingerprint density at radius 1 is 1.28 bits per heavy atom. The van der Waals surface area contributed by atoms with Crippen molar-refractivity contribution in [2.24, 2.45) is 0 Å². The van der Waals surface area contributed by atoms with Crippen LogP contribution in [0.3, 0.4) is 0 Å². The van der Waals surface area contributed by atoms with Gasteiger partial charge in [-0.3, -0.25) is 4.90 Å². The molecule has 0 atom stereocenters. The number of nitrogens with zero attached hydrogens (tertiary/aromatic N) is 1. The van der Waals surface area contributed by atoms with Gasteiger partial charge in [-0.2, -0.15) is 0 Å². The van der Waals surface area contributed by atoms with Crippen molar-refractivity contribution in [2.75, 3.05) is 12.3 Å². The molecule has 3 nitrogen and oxygen atoms in total. The Bertz CT molecular complexity index is 364. The lowest BCUT2D eigenvalue weighted by atomic mass is 10.1. The number of phenolic OH excluding ortho intramolecular Hbond substituents is 1. The standard InChI is InChI=1S/C15H26N2O/c1-4-5-6-9-17(12(2)3)11-13-7-8-15(18)14(16)10-13/h7-8,10,12,18H,4-6,9,11,16H2,1-3H3. The molecule has 0 spiro atoms. The Morgan fingerprint density at radius 2 is 2.00 bits per heavy atom. The first-order chi connectivity index (χ1) is 8.54. The quantitative estimate of drug-likeness (QED) is 0.443. The van der Waals surface area contributed by atoms with Crippen LogP contribution in [-0.2, 0) is 6.54 Å². The summed E-state index contributed by atoms with van der Waals surface area (Å²) in [6.45, 7) is 8.67. The maximum atomic E-state index is 9.42. The van der Waals surface area contributed by atoms with Crippen molar-refractivity contribution in [2.45, 2.75) is 52.6 Å². The summed E-state index contributed by atoms with van der Waals surface area (Å²) >= 11 is 0. The van der Waals surface area contributed by atoms with Gasteiger partial charge in [-0.1, -0.05) is 25.8 Å². The van der Waals surface area contributed by atoms with Crippen molar-refractivity contribution in [1.29, 1.82) is 0 Å². The highest BCUT2D eigenvalue weighted by Gasteiger charge is 2.10. The largest absolute Gasteiger partial charge is 0.506 e. The molecule has 0 fully saturated rings. The Kier molecular flexibility index (Phi) is 5.99. The van der Waals surface area contributed by atoms with E-state index in [1.807, 2.05) is 12.1 Å². The van der Waals surface area contributed by atoms with Crippen LogP contribution >= 0.6 is 0 Å². The summed E-state index contributed by atoms with van der Waals surface area (Å²) in [4.78, 5) is 2.45. The zero-order valence-corrected chi connectivity index (χ0v) is 11.8. The molecular formula is C15H26N2O. The smallest absolute Gasteiger partial charge is 0.138 e. The minimum atomic E-state index is 0.167. The number of phenols is 1. The van der Waals surface area contributed by atoms with Gasteiger partial charge in [0.1, 0.15) is 5.75 Å². The number of hydrogen-bond donors (Lipinski definition) is 2. The third-order valence-electron chi connectivity index (χ3n) is 3.26. The van der Waals surface area contributed by atoms with Gasteiger partial charge < -0.3 is 10.8 Å². The van der Waals surface area contributed by atoms with E-state index in [9.17, 15) is 5.11 Å². The topological polar surface area (TPSA) is 49.5 Å². The molecule has 0 aliphatic heterocycles. The van der Waals surface area contributed by atoms with Crippen LogP contribution in [0.4, 0.5) is 5.69 Å². The molecule has 0 saturated carbocycles. The lowest BCUT2D eigenvalue weighted by molar-refractivity contribution is 0.208. The number of unbranched alkanes of at least 4 members (excludes halogenated alkanes) is 2. The fraction of sp³-hybridized carbons (Fsp3) is 0.600. The molecule has 102 valence electrons. The molecule has 3 N–H and O–H groups in total. The Hall–Kier alpha value is -1.22. The summed E-state index contributed by atoms with van der Waals surface area (Å²) < 4.78 is 0. The van der Waals surface area contributed by atoms with Gasteiger partial charge in [-0.05, 0) is 44.5 Å². The SMILES string of the molecule is CCCCCN(Cc1ccc(O)c(N)c1)C(C)C. The third kappa shape index (κ3) is 4.57. The second-order valence-electron chi connectivity index (χ2n) is 5.16. The van der Waals surface area contributed by atoms with Gasteiger partial charge >= 0.3 is 0 Å². The fourth-order valence-electron chi connectivity index (χ4n) is 2.02. The van der Waals surface area contributed by atoms with Gasteiger partial charge in [0.2, 0.25) is 0 Å². The molecule has 0 saturated heterocycles. The van der Waals surface area contributed by atoms with Gasteiger partial charge in [-0.15, -0.1) is 0 Å². The molecule has 0 aliphatic rings. The molecule has 0 heterocycles. The highest BCUT2D eigenvalue weighted by atomic mass is 16.3. The molecule has 0 aliphatic carbocycles. The molecule has 1 aromatic carbocycles. The maximum absolute atomic E-state index is 9.42. The first kappa shape index (κ1) is 14.8. The van der Waals surface area contributed by atoms with Crippen LogP contribution in [0.25, 0.3) is 0 Å². The van der Waals surface area contributed by atoms with Crippen LogP contribution in [0.2, 0.25) is 0 Å². The van der Waals surface area contributed by atoms with E-state index in [-0.39, 0.29) is 5.75 Å². The average molecular weight is 250 g/mol. The molecule has 1 aromatic rings. The Labute approximate surface area is 111 Å². The number of nitrogens with two attached hydrogens (primary N) is 1. The number of anilines is 1. The second-order valence-corrected chi connectivity index (χ2v) is 5.16. The molecule has 18 heavy (non-hydrogen) atoms. The zero-order valence-electron chi connectivity index (χ0n) is 11.8. The van der Waals surface area contributed by atoms with E-state index >= 15 is 0 Å². The van der Waals surface area contributed by atoms with E-state index in [0.29, 0.717) is 11.7 Å². The van der Waals surface area contributed by atoms with Gasteiger partial charge in [0.15, 0.2) is 0 Å². The van der Waals surface area contributed by atoms with Crippen LogP contribution in [0.15, 0.2) is 18.2 Å². The lowest BCUT2D eigenvalue weighted by Crippen LogP contribution is -2.31. The van der Waals surface area contributed by atoms with Gasteiger partial charge in [-0.25, -0.2) is 0 Å². The molecule has 3 heteroatoms. The van der Waals surface area contributed by atoms with Crippen molar-refractivity contribution in [3.8, 4) is 5.75 Å². The van der Waals surface area contributed by atoms with E-state index in [2.05, 4.69) is 25.7 Å². The van der Waals surface area contributed by atoms with Crippen LogP contribution in [0, 0.1) is 0 Å². The predicted molar refractivity (Wildman–Crippen MR) is 77.6 cm³/mol.